The molecule has 2 heterocycles. The summed E-state index contributed by atoms with van der Waals surface area (Å²) in [7, 11) is -3.71. The maximum Gasteiger partial charge on any atom is 0.241 e. The molecule has 2 aliphatic heterocycles. The van der Waals surface area contributed by atoms with Gasteiger partial charge in [-0.3, -0.25) is 0 Å². The Bertz CT molecular complexity index is 625. The zero-order chi connectivity index (χ0) is 14.9. The van der Waals surface area contributed by atoms with Gasteiger partial charge in [0.1, 0.15) is 13.2 Å². The summed E-state index contributed by atoms with van der Waals surface area (Å²) in [6, 6.07) is 3.97. The first-order valence-electron chi connectivity index (χ1n) is 6.87. The molecule has 3 N–H and O–H groups in total. The molecular formula is C13H19ClN2O5S. The molecule has 1 aromatic rings. The zero-order valence-corrected chi connectivity index (χ0v) is 13.5. The molecule has 2 atom stereocenters. The largest absolute Gasteiger partial charge is 0.486 e. The van der Waals surface area contributed by atoms with E-state index in [4.69, 9.17) is 9.47 Å². The molecule has 0 spiro atoms. The number of aliphatic hydroxyl groups is 1. The van der Waals surface area contributed by atoms with Gasteiger partial charge in [0.25, 0.3) is 0 Å². The van der Waals surface area contributed by atoms with E-state index in [0.29, 0.717) is 44.2 Å². The Kier molecular flexibility index (Phi) is 5.51. The van der Waals surface area contributed by atoms with E-state index in [0.717, 1.165) is 0 Å². The minimum absolute atomic E-state index is 0. The van der Waals surface area contributed by atoms with Gasteiger partial charge in [0.05, 0.1) is 17.0 Å². The maximum atomic E-state index is 12.4. The first kappa shape index (κ1) is 17.3. The Hall–Kier alpha value is -1.06. The molecule has 2 aliphatic rings. The van der Waals surface area contributed by atoms with Crippen molar-refractivity contribution < 1.29 is 23.0 Å². The number of rotatable bonds is 3. The lowest BCUT2D eigenvalue weighted by Crippen LogP contribution is -2.53. The van der Waals surface area contributed by atoms with E-state index in [1.807, 2.05) is 0 Å². The summed E-state index contributed by atoms with van der Waals surface area (Å²) >= 11 is 0. The van der Waals surface area contributed by atoms with Crippen LogP contribution in [0.4, 0.5) is 0 Å². The van der Waals surface area contributed by atoms with Crippen molar-refractivity contribution >= 4 is 22.4 Å². The van der Waals surface area contributed by atoms with Crippen molar-refractivity contribution in [1.82, 2.24) is 10.0 Å². The zero-order valence-electron chi connectivity index (χ0n) is 11.8. The molecule has 0 saturated carbocycles. The number of ether oxygens (including phenoxy) is 2. The topological polar surface area (TPSA) is 96.9 Å². The summed E-state index contributed by atoms with van der Waals surface area (Å²) < 4.78 is 38.1. The Labute approximate surface area is 135 Å². The molecule has 0 unspecified atom stereocenters. The Morgan fingerprint density at radius 2 is 1.95 bits per heavy atom. The van der Waals surface area contributed by atoms with Crippen molar-refractivity contribution in [2.75, 3.05) is 26.3 Å². The van der Waals surface area contributed by atoms with Crippen LogP contribution in [0.5, 0.6) is 11.5 Å². The molecule has 0 radical (unpaired) electrons. The number of fused-ring (bicyclic) bond motifs is 1. The average Bonchev–Trinajstić information content (AvgIpc) is 2.49. The van der Waals surface area contributed by atoms with E-state index in [-0.39, 0.29) is 17.3 Å². The minimum atomic E-state index is -3.71. The lowest BCUT2D eigenvalue weighted by atomic mass is 10.1. The second-order valence-corrected chi connectivity index (χ2v) is 6.81. The first-order chi connectivity index (χ1) is 10.1. The van der Waals surface area contributed by atoms with E-state index in [9.17, 15) is 13.5 Å². The lowest BCUT2D eigenvalue weighted by Gasteiger charge is -2.29. The van der Waals surface area contributed by atoms with E-state index < -0.39 is 22.2 Å². The van der Waals surface area contributed by atoms with Gasteiger partial charge in [-0.05, 0) is 25.1 Å². The Morgan fingerprint density at radius 1 is 1.23 bits per heavy atom. The smallest absolute Gasteiger partial charge is 0.241 e. The summed E-state index contributed by atoms with van der Waals surface area (Å²) in [6.45, 7) is 1.95. The molecule has 3 rings (SSSR count). The Balaban J connectivity index is 0.00000176. The highest BCUT2D eigenvalue weighted by molar-refractivity contribution is 7.89. The average molecular weight is 351 g/mol. The third kappa shape index (κ3) is 3.64. The summed E-state index contributed by atoms with van der Waals surface area (Å²) in [4.78, 5) is 0.101. The lowest BCUT2D eigenvalue weighted by molar-refractivity contribution is 0.109. The van der Waals surface area contributed by atoms with Crippen LogP contribution in [-0.2, 0) is 10.0 Å². The maximum absolute atomic E-state index is 12.4. The molecule has 1 aromatic carbocycles. The highest BCUT2D eigenvalue weighted by atomic mass is 35.5. The molecule has 7 nitrogen and oxygen atoms in total. The second-order valence-electron chi connectivity index (χ2n) is 5.09. The number of piperidine rings is 1. The standard InChI is InChI=1S/C13H18N2O5S.ClH/c16-11-3-4-14-8-10(11)15-21(17,18)9-1-2-12-13(7-9)20-6-5-19-12;/h1-2,7,10-11,14-16H,3-6,8H2;1H/t10-,11+;/m0./s1. The van der Waals surface area contributed by atoms with Crippen LogP contribution in [0.15, 0.2) is 23.1 Å². The fourth-order valence-electron chi connectivity index (χ4n) is 2.42. The third-order valence-electron chi connectivity index (χ3n) is 3.58. The molecule has 124 valence electrons. The molecule has 22 heavy (non-hydrogen) atoms. The van der Waals surface area contributed by atoms with Crippen molar-refractivity contribution in [2.45, 2.75) is 23.5 Å². The van der Waals surface area contributed by atoms with Crippen LogP contribution in [-0.4, -0.2) is 52.0 Å². The van der Waals surface area contributed by atoms with Crippen LogP contribution >= 0.6 is 12.4 Å². The van der Waals surface area contributed by atoms with Crippen molar-refractivity contribution in [2.24, 2.45) is 0 Å². The van der Waals surface area contributed by atoms with Gasteiger partial charge in [0.2, 0.25) is 10.0 Å². The van der Waals surface area contributed by atoms with Gasteiger partial charge < -0.3 is 19.9 Å². The quantitative estimate of drug-likeness (QED) is 0.703. The fraction of sp³-hybridized carbons (Fsp3) is 0.538. The van der Waals surface area contributed by atoms with Crippen molar-refractivity contribution in [3.05, 3.63) is 18.2 Å². The van der Waals surface area contributed by atoms with Crippen LogP contribution in [0.25, 0.3) is 0 Å². The number of halogens is 1. The Morgan fingerprint density at radius 3 is 2.68 bits per heavy atom. The van der Waals surface area contributed by atoms with Crippen molar-refractivity contribution in [3.8, 4) is 11.5 Å². The van der Waals surface area contributed by atoms with Gasteiger partial charge in [-0.2, -0.15) is 0 Å². The summed E-state index contributed by atoms with van der Waals surface area (Å²) in [5, 5.41) is 12.9. The second kappa shape index (κ2) is 7.01. The predicted molar refractivity (Wildman–Crippen MR) is 82.3 cm³/mol. The number of nitrogens with one attached hydrogen (secondary N) is 2. The fourth-order valence-corrected chi connectivity index (χ4v) is 3.71. The SMILES string of the molecule is Cl.O=S(=O)(N[C@H]1CNCC[C@H]1O)c1ccc2c(c1)OCCO2. The van der Waals surface area contributed by atoms with Crippen LogP contribution < -0.4 is 19.5 Å². The highest BCUT2D eigenvalue weighted by Crippen LogP contribution is 2.32. The van der Waals surface area contributed by atoms with E-state index in [1.165, 1.54) is 12.1 Å². The van der Waals surface area contributed by atoms with Crippen molar-refractivity contribution in [3.63, 3.8) is 0 Å². The number of hydrogen-bond donors (Lipinski definition) is 3. The monoisotopic (exact) mass is 350 g/mol. The molecule has 1 saturated heterocycles. The van der Waals surface area contributed by atoms with Crippen LogP contribution in [0.1, 0.15) is 6.42 Å². The number of aliphatic hydroxyl groups excluding tert-OH is 1. The van der Waals surface area contributed by atoms with E-state index >= 15 is 0 Å². The van der Waals surface area contributed by atoms with Gasteiger partial charge in [-0.15, -0.1) is 12.4 Å². The number of sulfonamides is 1. The molecule has 9 heteroatoms. The normalized spacial score (nSPS) is 24.4. The van der Waals surface area contributed by atoms with Gasteiger partial charge in [0, 0.05) is 12.6 Å². The number of hydrogen-bond acceptors (Lipinski definition) is 6. The van der Waals surface area contributed by atoms with Gasteiger partial charge in [0.15, 0.2) is 11.5 Å². The highest BCUT2D eigenvalue weighted by Gasteiger charge is 2.28. The van der Waals surface area contributed by atoms with E-state index in [1.54, 1.807) is 6.07 Å². The third-order valence-corrected chi connectivity index (χ3v) is 5.06. The molecule has 0 amide bonds. The predicted octanol–water partition coefficient (Wildman–Crippen LogP) is -0.119. The molecule has 0 bridgehead atoms. The van der Waals surface area contributed by atoms with Crippen molar-refractivity contribution in [1.29, 1.82) is 0 Å². The van der Waals surface area contributed by atoms with Gasteiger partial charge in [-0.1, -0.05) is 0 Å². The summed E-state index contributed by atoms with van der Waals surface area (Å²) in [6.07, 6.45) is -0.160. The van der Waals surface area contributed by atoms with E-state index in [2.05, 4.69) is 10.0 Å². The first-order valence-corrected chi connectivity index (χ1v) is 8.35. The van der Waals surface area contributed by atoms with Gasteiger partial charge >= 0.3 is 0 Å². The molecular weight excluding hydrogens is 332 g/mol. The molecule has 0 aliphatic carbocycles. The van der Waals surface area contributed by atoms with Crippen LogP contribution in [0.3, 0.4) is 0 Å². The minimum Gasteiger partial charge on any atom is -0.486 e. The number of benzene rings is 1. The van der Waals surface area contributed by atoms with Crippen LogP contribution in [0, 0.1) is 0 Å². The summed E-state index contributed by atoms with van der Waals surface area (Å²) in [5.74, 6) is 0.964. The van der Waals surface area contributed by atoms with Crippen LogP contribution in [0.2, 0.25) is 0 Å². The molecule has 0 aromatic heterocycles. The van der Waals surface area contributed by atoms with Gasteiger partial charge in [-0.25, -0.2) is 13.1 Å². The summed E-state index contributed by atoms with van der Waals surface area (Å²) in [5.41, 5.74) is 0. The molecule has 1 fully saturated rings.